The number of hydrogen-bond donors (Lipinski definition) is 1. The van der Waals surface area contributed by atoms with Gasteiger partial charge in [0, 0.05) is 32.9 Å². The van der Waals surface area contributed by atoms with Gasteiger partial charge in [-0.15, -0.1) is 0 Å². The van der Waals surface area contributed by atoms with E-state index < -0.39 is 0 Å². The summed E-state index contributed by atoms with van der Waals surface area (Å²) in [6.45, 7) is 4.14. The average Bonchev–Trinajstić information content (AvgIpc) is 2.61. The van der Waals surface area contributed by atoms with Gasteiger partial charge in [0.05, 0.1) is 12.2 Å². The summed E-state index contributed by atoms with van der Waals surface area (Å²) in [6, 6.07) is 7.96. The molecule has 1 aliphatic heterocycles. The van der Waals surface area contributed by atoms with Crippen molar-refractivity contribution in [3.8, 4) is 0 Å². The van der Waals surface area contributed by atoms with E-state index in [9.17, 15) is 9.59 Å². The predicted octanol–water partition coefficient (Wildman–Crippen LogP) is 4.21. The Kier molecular flexibility index (Phi) is 5.61. The van der Waals surface area contributed by atoms with Crippen LogP contribution in [-0.4, -0.2) is 18.4 Å². The maximum Gasteiger partial charge on any atom is 0.336 e. The molecule has 1 atom stereocenters. The van der Waals surface area contributed by atoms with Gasteiger partial charge in [-0.2, -0.15) is 0 Å². The van der Waals surface area contributed by atoms with Crippen LogP contribution in [0.15, 0.2) is 46.8 Å². The molecule has 0 bridgehead atoms. The van der Waals surface area contributed by atoms with Crippen LogP contribution in [0.5, 0.6) is 0 Å². The molecule has 1 aromatic rings. The molecular weight excluding hydrogens is 429 g/mol. The molecule has 0 radical (unpaired) electrons. The lowest BCUT2D eigenvalue weighted by Crippen LogP contribution is -2.35. The molecule has 0 saturated carbocycles. The SMILES string of the molecule is CCOC(=O)C1=C(CC)NC2=C(C(=O)CCC2)[C@@H]1c1ccccc1I. The average molecular weight is 451 g/mol. The third-order valence-corrected chi connectivity index (χ3v) is 5.71. The highest BCUT2D eigenvalue weighted by Gasteiger charge is 2.40. The van der Waals surface area contributed by atoms with Crippen molar-refractivity contribution in [1.29, 1.82) is 0 Å². The van der Waals surface area contributed by atoms with Crippen molar-refractivity contribution < 1.29 is 14.3 Å². The Hall–Kier alpha value is -1.63. The molecule has 1 aliphatic carbocycles. The molecule has 1 aromatic carbocycles. The van der Waals surface area contributed by atoms with Crippen LogP contribution in [0.2, 0.25) is 0 Å². The van der Waals surface area contributed by atoms with E-state index in [1.807, 2.05) is 31.2 Å². The maximum absolute atomic E-state index is 12.8. The summed E-state index contributed by atoms with van der Waals surface area (Å²) in [6.07, 6.45) is 2.94. The Balaban J connectivity index is 2.22. The number of ether oxygens (including phenoxy) is 1. The second-order valence-electron chi connectivity index (χ2n) is 6.21. The Morgan fingerprint density at radius 3 is 2.72 bits per heavy atom. The van der Waals surface area contributed by atoms with Crippen molar-refractivity contribution in [2.75, 3.05) is 6.61 Å². The Labute approximate surface area is 161 Å². The van der Waals surface area contributed by atoms with E-state index in [1.165, 1.54) is 0 Å². The number of dihydropyridines is 1. The number of ketones is 1. The fourth-order valence-corrected chi connectivity index (χ4v) is 4.34. The summed E-state index contributed by atoms with van der Waals surface area (Å²) in [5.74, 6) is -0.539. The Morgan fingerprint density at radius 1 is 1.28 bits per heavy atom. The van der Waals surface area contributed by atoms with Crippen LogP contribution >= 0.6 is 22.6 Å². The maximum atomic E-state index is 12.8. The normalized spacial score (nSPS) is 20.3. The van der Waals surface area contributed by atoms with E-state index in [0.717, 1.165) is 38.9 Å². The first-order chi connectivity index (χ1) is 12.1. The lowest BCUT2D eigenvalue weighted by molar-refractivity contribution is -0.138. The van der Waals surface area contributed by atoms with Crippen LogP contribution in [0.3, 0.4) is 0 Å². The minimum absolute atomic E-state index is 0.135. The number of benzene rings is 1. The van der Waals surface area contributed by atoms with Gasteiger partial charge in [-0.1, -0.05) is 25.1 Å². The quantitative estimate of drug-likeness (QED) is 0.551. The zero-order valence-corrected chi connectivity index (χ0v) is 16.7. The Bertz CT molecular complexity index is 779. The van der Waals surface area contributed by atoms with Crippen LogP contribution in [0, 0.1) is 3.57 Å². The second-order valence-corrected chi connectivity index (χ2v) is 7.38. The van der Waals surface area contributed by atoms with E-state index in [4.69, 9.17) is 4.74 Å². The van der Waals surface area contributed by atoms with E-state index in [-0.39, 0.29) is 17.7 Å². The highest BCUT2D eigenvalue weighted by Crippen LogP contribution is 2.44. The molecule has 1 heterocycles. The van der Waals surface area contributed by atoms with Gasteiger partial charge in [0.1, 0.15) is 0 Å². The lowest BCUT2D eigenvalue weighted by Gasteiger charge is -2.35. The standard InChI is InChI=1S/C20H22INO3/c1-3-14-19(20(24)25-4-2)17(12-8-5-6-9-13(12)21)18-15(22-14)10-7-11-16(18)23/h5-6,8-9,17,22H,3-4,7,10-11H2,1-2H3/t17-/m0/s1. The molecule has 0 amide bonds. The molecule has 1 N–H and O–H groups in total. The van der Waals surface area contributed by atoms with Crippen molar-refractivity contribution in [1.82, 2.24) is 5.32 Å². The van der Waals surface area contributed by atoms with E-state index in [1.54, 1.807) is 6.92 Å². The number of esters is 1. The number of nitrogens with one attached hydrogen (secondary N) is 1. The zero-order chi connectivity index (χ0) is 18.0. The molecule has 4 nitrogen and oxygen atoms in total. The smallest absolute Gasteiger partial charge is 0.336 e. The van der Waals surface area contributed by atoms with Crippen LogP contribution in [0.4, 0.5) is 0 Å². The molecule has 0 fully saturated rings. The monoisotopic (exact) mass is 451 g/mol. The van der Waals surface area contributed by atoms with Gasteiger partial charge in [0.15, 0.2) is 5.78 Å². The second kappa shape index (κ2) is 7.72. The molecule has 0 aromatic heterocycles. The van der Waals surface area contributed by atoms with Crippen LogP contribution in [0.25, 0.3) is 0 Å². The lowest BCUT2D eigenvalue weighted by atomic mass is 9.75. The third-order valence-electron chi connectivity index (χ3n) is 4.73. The fraction of sp³-hybridized carbons (Fsp3) is 0.400. The fourth-order valence-electron chi connectivity index (χ4n) is 3.65. The number of carbonyl (C=O) groups is 2. The van der Waals surface area contributed by atoms with Gasteiger partial charge >= 0.3 is 5.97 Å². The highest BCUT2D eigenvalue weighted by molar-refractivity contribution is 14.1. The molecule has 0 spiro atoms. The van der Waals surface area contributed by atoms with Crippen molar-refractivity contribution in [3.05, 3.63) is 55.9 Å². The highest BCUT2D eigenvalue weighted by atomic mass is 127. The summed E-state index contributed by atoms with van der Waals surface area (Å²) in [5.41, 5.74) is 4.18. The molecule has 2 aliphatic rings. The van der Waals surface area contributed by atoms with Crippen LogP contribution in [0.1, 0.15) is 51.0 Å². The number of hydrogen-bond acceptors (Lipinski definition) is 4. The van der Waals surface area contributed by atoms with Crippen LogP contribution < -0.4 is 5.32 Å². The first kappa shape index (κ1) is 18.2. The summed E-state index contributed by atoms with van der Waals surface area (Å²) in [4.78, 5) is 25.6. The minimum Gasteiger partial charge on any atom is -0.463 e. The predicted molar refractivity (Wildman–Crippen MR) is 105 cm³/mol. The number of halogens is 1. The summed E-state index contributed by atoms with van der Waals surface area (Å²) < 4.78 is 6.40. The largest absolute Gasteiger partial charge is 0.463 e. The van der Waals surface area contributed by atoms with Gasteiger partial charge in [-0.05, 0) is 60.4 Å². The Morgan fingerprint density at radius 2 is 2.04 bits per heavy atom. The number of Topliss-reactive ketones (excluding diaryl/α,β-unsaturated/α-hetero) is 1. The van der Waals surface area contributed by atoms with Crippen molar-refractivity contribution >= 4 is 34.3 Å². The van der Waals surface area contributed by atoms with Crippen LogP contribution in [-0.2, 0) is 14.3 Å². The van der Waals surface area contributed by atoms with Crippen molar-refractivity contribution in [3.63, 3.8) is 0 Å². The minimum atomic E-state index is -0.342. The molecule has 132 valence electrons. The van der Waals surface area contributed by atoms with Crippen molar-refractivity contribution in [2.45, 2.75) is 45.4 Å². The molecule has 5 heteroatoms. The molecule has 25 heavy (non-hydrogen) atoms. The summed E-state index contributed by atoms with van der Waals surface area (Å²) in [5, 5.41) is 3.38. The molecule has 0 unspecified atom stereocenters. The molecule has 0 saturated heterocycles. The van der Waals surface area contributed by atoms with Crippen molar-refractivity contribution in [2.24, 2.45) is 0 Å². The number of rotatable bonds is 4. The first-order valence-corrected chi connectivity index (χ1v) is 9.84. The molecular formula is C20H22INO3. The number of carbonyl (C=O) groups excluding carboxylic acids is 2. The van der Waals surface area contributed by atoms with E-state index in [2.05, 4.69) is 27.9 Å². The number of allylic oxidation sites excluding steroid dienone is 3. The van der Waals surface area contributed by atoms with Gasteiger partial charge in [0.25, 0.3) is 0 Å². The third kappa shape index (κ3) is 3.38. The van der Waals surface area contributed by atoms with E-state index >= 15 is 0 Å². The summed E-state index contributed by atoms with van der Waals surface area (Å²) >= 11 is 2.28. The first-order valence-electron chi connectivity index (χ1n) is 8.76. The van der Waals surface area contributed by atoms with E-state index in [0.29, 0.717) is 25.0 Å². The zero-order valence-electron chi connectivity index (χ0n) is 14.5. The molecule has 3 rings (SSSR count). The van der Waals surface area contributed by atoms with Gasteiger partial charge in [-0.25, -0.2) is 4.79 Å². The van der Waals surface area contributed by atoms with Gasteiger partial charge in [-0.3, -0.25) is 4.79 Å². The van der Waals surface area contributed by atoms with Gasteiger partial charge in [0.2, 0.25) is 0 Å². The summed E-state index contributed by atoms with van der Waals surface area (Å²) in [7, 11) is 0. The van der Waals surface area contributed by atoms with Gasteiger partial charge < -0.3 is 10.1 Å². The topological polar surface area (TPSA) is 55.4 Å².